The Bertz CT molecular complexity index is 1090. The summed E-state index contributed by atoms with van der Waals surface area (Å²) in [5, 5.41) is 2.47. The average molecular weight is 419 g/mol. The summed E-state index contributed by atoms with van der Waals surface area (Å²) in [6.07, 6.45) is -0.213. The van der Waals surface area contributed by atoms with Crippen molar-refractivity contribution < 1.29 is 22.7 Å². The highest BCUT2D eigenvalue weighted by atomic mass is 35.5. The number of fused-ring (bicyclic) bond motifs is 1. The van der Waals surface area contributed by atoms with Crippen LogP contribution in [0.5, 0.6) is 5.75 Å². The van der Waals surface area contributed by atoms with E-state index < -0.39 is 15.8 Å². The van der Waals surface area contributed by atoms with Gasteiger partial charge in [0.05, 0.1) is 24.2 Å². The highest BCUT2D eigenvalue weighted by molar-refractivity contribution is 7.91. The summed E-state index contributed by atoms with van der Waals surface area (Å²) >= 11 is 5.77. The number of carbonyl (C=O) groups excluding carboxylic acids is 1. The fraction of sp³-hybridized carbons (Fsp3) is 0.190. The lowest BCUT2D eigenvalue weighted by Crippen LogP contribution is -2.13. The van der Waals surface area contributed by atoms with Crippen molar-refractivity contribution in [1.82, 2.24) is 0 Å². The second kappa shape index (κ2) is 8.63. The average Bonchev–Trinajstić information content (AvgIpc) is 2.70. The number of sulfone groups is 1. The van der Waals surface area contributed by atoms with Gasteiger partial charge in [-0.05, 0) is 58.8 Å². The Morgan fingerprint density at radius 1 is 0.964 bits per heavy atom. The largest absolute Gasteiger partial charge is 0.497 e. The van der Waals surface area contributed by atoms with Gasteiger partial charge in [-0.15, -0.1) is 0 Å². The predicted octanol–water partition coefficient (Wildman–Crippen LogP) is 4.41. The maximum absolute atomic E-state index is 12.3. The van der Waals surface area contributed by atoms with E-state index in [-0.39, 0.29) is 23.7 Å². The van der Waals surface area contributed by atoms with Crippen molar-refractivity contribution in [2.75, 3.05) is 12.9 Å². The molecule has 28 heavy (non-hydrogen) atoms. The van der Waals surface area contributed by atoms with Crippen LogP contribution in [-0.4, -0.2) is 27.2 Å². The molecule has 0 N–H and O–H groups in total. The fourth-order valence-corrected chi connectivity index (χ4v) is 4.05. The molecule has 0 radical (unpaired) electrons. The van der Waals surface area contributed by atoms with Crippen LogP contribution in [0.1, 0.15) is 12.0 Å². The summed E-state index contributed by atoms with van der Waals surface area (Å²) in [6, 6.07) is 17.3. The van der Waals surface area contributed by atoms with E-state index in [1.807, 2.05) is 36.4 Å². The maximum atomic E-state index is 12.3. The van der Waals surface area contributed by atoms with Crippen LogP contribution >= 0.6 is 11.6 Å². The first-order chi connectivity index (χ1) is 13.4. The molecule has 0 spiro atoms. The quantitative estimate of drug-likeness (QED) is 0.531. The lowest BCUT2D eigenvalue weighted by Gasteiger charge is -2.08. The molecule has 5 nitrogen and oxygen atoms in total. The van der Waals surface area contributed by atoms with Gasteiger partial charge in [0.25, 0.3) is 0 Å². The van der Waals surface area contributed by atoms with Crippen molar-refractivity contribution in [1.29, 1.82) is 0 Å². The van der Waals surface area contributed by atoms with Crippen LogP contribution in [0.25, 0.3) is 10.8 Å². The molecule has 0 fully saturated rings. The first-order valence-corrected chi connectivity index (χ1v) is 10.6. The Labute approximate surface area is 168 Å². The van der Waals surface area contributed by atoms with Gasteiger partial charge in [-0.25, -0.2) is 8.42 Å². The summed E-state index contributed by atoms with van der Waals surface area (Å²) in [7, 11) is -1.95. The maximum Gasteiger partial charge on any atom is 0.307 e. The third kappa shape index (κ3) is 5.03. The number of carbonyl (C=O) groups is 1. The summed E-state index contributed by atoms with van der Waals surface area (Å²) < 4.78 is 34.9. The zero-order chi connectivity index (χ0) is 20.1. The van der Waals surface area contributed by atoms with Gasteiger partial charge in [-0.3, -0.25) is 4.79 Å². The van der Waals surface area contributed by atoms with E-state index in [4.69, 9.17) is 21.1 Å². The van der Waals surface area contributed by atoms with Crippen LogP contribution in [-0.2, 0) is 26.0 Å². The third-order valence-corrected chi connectivity index (χ3v) is 6.24. The third-order valence-electron chi connectivity index (χ3n) is 4.26. The summed E-state index contributed by atoms with van der Waals surface area (Å²) in [5.41, 5.74) is 0.826. The normalized spacial score (nSPS) is 11.4. The van der Waals surface area contributed by atoms with E-state index in [9.17, 15) is 13.2 Å². The van der Waals surface area contributed by atoms with E-state index in [2.05, 4.69) is 0 Å². The molecule has 0 aliphatic rings. The minimum atomic E-state index is -3.56. The van der Waals surface area contributed by atoms with E-state index >= 15 is 0 Å². The SMILES string of the molecule is COc1ccc2cc(COC(=O)CCS(=O)(=O)c3ccc(Cl)cc3)ccc2c1. The number of halogens is 1. The number of benzene rings is 3. The van der Waals surface area contributed by atoms with Crippen LogP contribution in [0.2, 0.25) is 5.02 Å². The van der Waals surface area contributed by atoms with Crippen LogP contribution in [0.3, 0.4) is 0 Å². The van der Waals surface area contributed by atoms with E-state index in [1.165, 1.54) is 24.3 Å². The van der Waals surface area contributed by atoms with E-state index in [1.54, 1.807) is 7.11 Å². The number of methoxy groups -OCH3 is 1. The Hall–Kier alpha value is -2.57. The minimum absolute atomic E-state index is 0.0851. The van der Waals surface area contributed by atoms with Gasteiger partial charge in [0.2, 0.25) is 0 Å². The van der Waals surface area contributed by atoms with Gasteiger partial charge >= 0.3 is 5.97 Å². The van der Waals surface area contributed by atoms with Crippen molar-refractivity contribution in [3.8, 4) is 5.75 Å². The molecule has 3 aromatic rings. The lowest BCUT2D eigenvalue weighted by molar-refractivity contribution is -0.144. The summed E-state index contributed by atoms with van der Waals surface area (Å²) in [6.45, 7) is 0.0851. The van der Waals surface area contributed by atoms with Crippen molar-refractivity contribution in [3.05, 3.63) is 71.2 Å². The smallest absolute Gasteiger partial charge is 0.307 e. The predicted molar refractivity (Wildman–Crippen MR) is 108 cm³/mol. The van der Waals surface area contributed by atoms with E-state index in [0.29, 0.717) is 5.02 Å². The van der Waals surface area contributed by atoms with Crippen molar-refractivity contribution in [2.45, 2.75) is 17.9 Å². The Morgan fingerprint density at radius 2 is 1.64 bits per heavy atom. The molecule has 0 atom stereocenters. The molecule has 0 aliphatic carbocycles. The van der Waals surface area contributed by atoms with Gasteiger partial charge in [0.1, 0.15) is 12.4 Å². The van der Waals surface area contributed by atoms with Crippen molar-refractivity contribution >= 4 is 38.2 Å². The highest BCUT2D eigenvalue weighted by Crippen LogP contribution is 2.22. The Balaban J connectivity index is 1.56. The molecule has 7 heteroatoms. The lowest BCUT2D eigenvalue weighted by atomic mass is 10.1. The second-order valence-corrected chi connectivity index (χ2v) is 8.78. The summed E-state index contributed by atoms with van der Waals surface area (Å²) in [4.78, 5) is 12.1. The first kappa shape index (κ1) is 20.2. The monoisotopic (exact) mass is 418 g/mol. The van der Waals surface area contributed by atoms with Gasteiger partial charge in [-0.1, -0.05) is 29.8 Å². The number of rotatable bonds is 7. The zero-order valence-corrected chi connectivity index (χ0v) is 16.8. The van der Waals surface area contributed by atoms with Crippen molar-refractivity contribution in [2.24, 2.45) is 0 Å². The molecule has 0 saturated heterocycles. The Kier molecular flexibility index (Phi) is 6.21. The zero-order valence-electron chi connectivity index (χ0n) is 15.2. The van der Waals surface area contributed by atoms with Crippen LogP contribution < -0.4 is 4.74 Å². The highest BCUT2D eigenvalue weighted by Gasteiger charge is 2.17. The van der Waals surface area contributed by atoms with Gasteiger partial charge in [0.15, 0.2) is 9.84 Å². The van der Waals surface area contributed by atoms with Gasteiger partial charge < -0.3 is 9.47 Å². The molecule has 0 unspecified atom stereocenters. The Morgan fingerprint density at radius 3 is 2.36 bits per heavy atom. The van der Waals surface area contributed by atoms with Gasteiger partial charge in [-0.2, -0.15) is 0 Å². The topological polar surface area (TPSA) is 69.7 Å². The molecule has 0 heterocycles. The van der Waals surface area contributed by atoms with E-state index in [0.717, 1.165) is 22.1 Å². The number of hydrogen-bond acceptors (Lipinski definition) is 5. The molecular formula is C21H19ClO5S. The number of hydrogen-bond donors (Lipinski definition) is 0. The first-order valence-electron chi connectivity index (χ1n) is 8.58. The minimum Gasteiger partial charge on any atom is -0.497 e. The molecule has 146 valence electrons. The van der Waals surface area contributed by atoms with Crippen molar-refractivity contribution in [3.63, 3.8) is 0 Å². The molecule has 0 aromatic heterocycles. The number of esters is 1. The molecule has 0 saturated carbocycles. The molecule has 0 bridgehead atoms. The number of ether oxygens (including phenoxy) is 2. The standard InChI is InChI=1S/C21H19ClO5S/c1-26-19-7-4-16-12-15(2-3-17(16)13-19)14-27-21(23)10-11-28(24,25)20-8-5-18(22)6-9-20/h2-9,12-13H,10-11,14H2,1H3. The molecule has 3 aromatic carbocycles. The van der Waals surface area contributed by atoms with Gasteiger partial charge in [0, 0.05) is 5.02 Å². The molecule has 0 aliphatic heterocycles. The molecule has 0 amide bonds. The second-order valence-electron chi connectivity index (χ2n) is 6.23. The summed E-state index contributed by atoms with van der Waals surface area (Å²) in [5.74, 6) is -0.105. The van der Waals surface area contributed by atoms with Crippen LogP contribution in [0.4, 0.5) is 0 Å². The van der Waals surface area contributed by atoms with Crippen LogP contribution in [0, 0.1) is 0 Å². The molecular weight excluding hydrogens is 400 g/mol. The van der Waals surface area contributed by atoms with Crippen LogP contribution in [0.15, 0.2) is 65.6 Å². The fourth-order valence-electron chi connectivity index (χ4n) is 2.70. The molecule has 3 rings (SSSR count).